The van der Waals surface area contributed by atoms with Crippen LogP contribution in [-0.4, -0.2) is 71.1 Å². The summed E-state index contributed by atoms with van der Waals surface area (Å²) in [5.74, 6) is 0.263. The van der Waals surface area contributed by atoms with Gasteiger partial charge < -0.3 is 20.5 Å². The van der Waals surface area contributed by atoms with Gasteiger partial charge in [0.1, 0.15) is 16.7 Å². The summed E-state index contributed by atoms with van der Waals surface area (Å²) in [6.07, 6.45) is 6.51. The van der Waals surface area contributed by atoms with Crippen LogP contribution in [0.3, 0.4) is 0 Å². The third-order valence-corrected chi connectivity index (χ3v) is 8.58. The Morgan fingerprint density at radius 3 is 2.83 bits per heavy atom. The fourth-order valence-electron chi connectivity index (χ4n) is 5.94. The predicted molar refractivity (Wildman–Crippen MR) is 150 cm³/mol. The zero-order valence-electron chi connectivity index (χ0n) is 21.6. The number of anilines is 1. The molecule has 2 fully saturated rings. The van der Waals surface area contributed by atoms with Crippen LogP contribution >= 0.6 is 11.3 Å². The summed E-state index contributed by atoms with van der Waals surface area (Å²) >= 11 is 1.30. The predicted octanol–water partition coefficient (Wildman–Crippen LogP) is 3.60. The molecule has 2 atom stereocenters. The molecule has 6 heterocycles. The molecule has 0 aliphatic carbocycles. The number of carbonyl (C=O) groups excluding carboxylic acids is 1. The van der Waals surface area contributed by atoms with Crippen molar-refractivity contribution in [2.24, 2.45) is 0 Å². The van der Waals surface area contributed by atoms with Gasteiger partial charge in [-0.2, -0.15) is 10.2 Å². The number of aliphatic hydroxyl groups is 1. The van der Waals surface area contributed by atoms with Crippen molar-refractivity contribution in [1.82, 2.24) is 34.3 Å². The molecule has 5 aromatic rings. The molecule has 2 aliphatic heterocycles. The molecule has 3 N–H and O–H groups in total. The molecule has 4 aromatic heterocycles. The number of aromatic nitrogens is 6. The third-order valence-electron chi connectivity index (χ3n) is 7.82. The van der Waals surface area contributed by atoms with E-state index in [1.807, 2.05) is 35.0 Å². The van der Waals surface area contributed by atoms with Gasteiger partial charge in [-0.1, -0.05) is 18.2 Å². The van der Waals surface area contributed by atoms with E-state index in [-0.39, 0.29) is 24.5 Å². The number of amides is 1. The van der Waals surface area contributed by atoms with E-state index in [2.05, 4.69) is 37.0 Å². The monoisotopic (exact) mass is 556 g/mol. The van der Waals surface area contributed by atoms with Gasteiger partial charge in [-0.15, -0.1) is 11.3 Å². The smallest absolute Gasteiger partial charge is 0.266 e. The van der Waals surface area contributed by atoms with Gasteiger partial charge in [-0.05, 0) is 43.0 Å². The average molecular weight is 557 g/mol. The zero-order chi connectivity index (χ0) is 27.2. The highest BCUT2D eigenvalue weighted by atomic mass is 32.1. The van der Waals surface area contributed by atoms with Crippen LogP contribution in [0.5, 0.6) is 0 Å². The van der Waals surface area contributed by atoms with Crippen LogP contribution < -0.4 is 5.73 Å². The first-order chi connectivity index (χ1) is 19.6. The van der Waals surface area contributed by atoms with Crippen molar-refractivity contribution in [1.29, 1.82) is 0 Å². The molecule has 12 heteroatoms. The molecule has 2 saturated heterocycles. The highest BCUT2D eigenvalue weighted by Crippen LogP contribution is 2.39. The average Bonchev–Trinajstić information content (AvgIpc) is 3.79. The Labute approximate surface area is 233 Å². The fraction of sp³-hybridized carbons (Fsp3) is 0.321. The van der Waals surface area contributed by atoms with Gasteiger partial charge in [0.25, 0.3) is 5.91 Å². The minimum atomic E-state index is -0.593. The van der Waals surface area contributed by atoms with Gasteiger partial charge in [0, 0.05) is 37.1 Å². The molecule has 0 radical (unpaired) electrons. The first-order valence-electron chi connectivity index (χ1n) is 13.3. The molecule has 0 bridgehead atoms. The van der Waals surface area contributed by atoms with E-state index in [0.29, 0.717) is 30.3 Å². The van der Waals surface area contributed by atoms with E-state index in [1.165, 1.54) is 17.7 Å². The Bertz CT molecular complexity index is 1670. The highest BCUT2D eigenvalue weighted by molar-refractivity contribution is 7.11. The molecule has 1 aromatic carbocycles. The van der Waals surface area contributed by atoms with Gasteiger partial charge >= 0.3 is 0 Å². The number of benzene rings is 1. The van der Waals surface area contributed by atoms with E-state index in [9.17, 15) is 9.90 Å². The second-order valence-corrected chi connectivity index (χ2v) is 11.1. The van der Waals surface area contributed by atoms with Crippen LogP contribution in [-0.2, 0) is 4.74 Å². The summed E-state index contributed by atoms with van der Waals surface area (Å²) < 4.78 is 9.45. The van der Waals surface area contributed by atoms with Gasteiger partial charge in [-0.3, -0.25) is 14.5 Å². The van der Waals surface area contributed by atoms with E-state index in [0.717, 1.165) is 46.4 Å². The number of nitrogens with zero attached hydrogens (tertiary/aromatic N) is 7. The number of aliphatic hydroxyl groups excluding tert-OH is 1. The standard InChI is InChI=1S/C28H28N8O3S/c29-27-26-21(22-4-7-32-35(22)19-5-8-39-9-6-19)12-24(36(26)33-15-31-27)18-3-1-2-17(10-18)23-11-20(37)14-34(23)28(38)25-13-30-16-40-25/h1-4,7,10,12-13,15-16,19-20,23,37H,5-6,8-9,11,14H2,(H2,29,31,33)/t20-,23+/m1/s1. The lowest BCUT2D eigenvalue weighted by Crippen LogP contribution is -2.31. The quantitative estimate of drug-likeness (QED) is 0.335. The van der Waals surface area contributed by atoms with Crippen molar-refractivity contribution >= 4 is 28.6 Å². The van der Waals surface area contributed by atoms with Crippen LogP contribution in [0.1, 0.15) is 46.6 Å². The molecule has 0 saturated carbocycles. The number of carbonyl (C=O) groups is 1. The van der Waals surface area contributed by atoms with Crippen molar-refractivity contribution in [2.45, 2.75) is 37.5 Å². The summed E-state index contributed by atoms with van der Waals surface area (Å²) in [5.41, 5.74) is 13.4. The Kier molecular flexibility index (Phi) is 6.29. The topological polar surface area (TPSA) is 137 Å². The van der Waals surface area contributed by atoms with E-state index < -0.39 is 6.10 Å². The molecule has 1 amide bonds. The molecule has 0 spiro atoms. The highest BCUT2D eigenvalue weighted by Gasteiger charge is 2.36. The molecule has 2 aliphatic rings. The maximum atomic E-state index is 13.2. The number of nitrogen functional groups attached to an aromatic ring is 1. The Hall–Kier alpha value is -4.13. The summed E-state index contributed by atoms with van der Waals surface area (Å²) in [6, 6.07) is 12.1. The van der Waals surface area contributed by atoms with Gasteiger partial charge in [0.15, 0.2) is 5.82 Å². The van der Waals surface area contributed by atoms with Crippen molar-refractivity contribution in [2.75, 3.05) is 25.5 Å². The number of hydrogen-bond acceptors (Lipinski definition) is 9. The lowest BCUT2D eigenvalue weighted by Gasteiger charge is -2.24. The number of β-amino-alcohol motifs (C(OH)–C–C–N with tert-alkyl or cyclic N) is 1. The minimum Gasteiger partial charge on any atom is -0.391 e. The second kappa shape index (κ2) is 10.1. The largest absolute Gasteiger partial charge is 0.391 e. The number of hydrogen-bond donors (Lipinski definition) is 2. The summed E-state index contributed by atoms with van der Waals surface area (Å²) in [6.45, 7) is 1.70. The van der Waals surface area contributed by atoms with Crippen LogP contribution in [0.25, 0.3) is 28.0 Å². The number of rotatable bonds is 5. The SMILES string of the molecule is Nc1ncnn2c(-c3cccc([C@@H]4C[C@@H](O)CN4C(=O)c4cncs4)c3)cc(-c3ccnn3C3CCOCC3)c12. The molecule has 11 nitrogen and oxygen atoms in total. The first-order valence-corrected chi connectivity index (χ1v) is 14.2. The van der Waals surface area contributed by atoms with E-state index in [1.54, 1.807) is 16.6 Å². The van der Waals surface area contributed by atoms with Gasteiger partial charge in [0.05, 0.1) is 41.3 Å². The first kappa shape index (κ1) is 24.9. The third kappa shape index (κ3) is 4.24. The normalized spacial score (nSPS) is 20.0. The summed E-state index contributed by atoms with van der Waals surface area (Å²) in [7, 11) is 0. The van der Waals surface area contributed by atoms with E-state index in [4.69, 9.17) is 10.5 Å². The molecular formula is C28H28N8O3S. The number of nitrogens with two attached hydrogens (primary N) is 1. The van der Waals surface area contributed by atoms with Gasteiger partial charge in [0.2, 0.25) is 0 Å². The maximum Gasteiger partial charge on any atom is 0.266 e. The lowest BCUT2D eigenvalue weighted by molar-refractivity contribution is 0.0667. The molecular weight excluding hydrogens is 528 g/mol. The zero-order valence-corrected chi connectivity index (χ0v) is 22.4. The number of likely N-dealkylation sites (tertiary alicyclic amines) is 1. The van der Waals surface area contributed by atoms with E-state index >= 15 is 0 Å². The van der Waals surface area contributed by atoms with Gasteiger partial charge in [-0.25, -0.2) is 9.50 Å². The van der Waals surface area contributed by atoms with Crippen molar-refractivity contribution in [3.05, 3.63) is 71.1 Å². The van der Waals surface area contributed by atoms with Crippen LogP contribution in [0.2, 0.25) is 0 Å². The second-order valence-electron chi connectivity index (χ2n) is 10.2. The Balaban J connectivity index is 1.31. The number of ether oxygens (including phenoxy) is 1. The fourth-order valence-corrected chi connectivity index (χ4v) is 6.51. The molecule has 40 heavy (non-hydrogen) atoms. The maximum absolute atomic E-state index is 13.2. The Morgan fingerprint density at radius 1 is 1.12 bits per heavy atom. The lowest BCUT2D eigenvalue weighted by atomic mass is 9.99. The molecule has 204 valence electrons. The summed E-state index contributed by atoms with van der Waals surface area (Å²) in [4.78, 5) is 23.9. The minimum absolute atomic E-state index is 0.119. The Morgan fingerprint density at radius 2 is 2.00 bits per heavy atom. The number of thiazole rings is 1. The molecule has 0 unspecified atom stereocenters. The van der Waals surface area contributed by atoms with Crippen LogP contribution in [0.15, 0.2) is 60.6 Å². The number of fused-ring (bicyclic) bond motifs is 1. The van der Waals surface area contributed by atoms with Crippen molar-refractivity contribution < 1.29 is 14.6 Å². The summed E-state index contributed by atoms with van der Waals surface area (Å²) in [5, 5.41) is 19.8. The molecule has 7 rings (SSSR count). The van der Waals surface area contributed by atoms with Crippen LogP contribution in [0, 0.1) is 0 Å². The van der Waals surface area contributed by atoms with Crippen molar-refractivity contribution in [3.8, 4) is 22.5 Å². The van der Waals surface area contributed by atoms with Crippen molar-refractivity contribution in [3.63, 3.8) is 0 Å². The van der Waals surface area contributed by atoms with Crippen LogP contribution in [0.4, 0.5) is 5.82 Å².